The van der Waals surface area contributed by atoms with E-state index in [-0.39, 0.29) is 0 Å². The molecule has 1 fully saturated rings. The molecule has 1 aliphatic carbocycles. The third kappa shape index (κ3) is 2.43. The quantitative estimate of drug-likeness (QED) is 0.861. The van der Waals surface area contributed by atoms with Crippen LogP contribution in [-0.2, 0) is 6.54 Å². The lowest BCUT2D eigenvalue weighted by molar-refractivity contribution is 0.390. The number of aromatic nitrogens is 3. The summed E-state index contributed by atoms with van der Waals surface area (Å²) in [6.07, 6.45) is 2.39. The zero-order chi connectivity index (χ0) is 14.1. The molecule has 0 saturated heterocycles. The molecule has 20 heavy (non-hydrogen) atoms. The van der Waals surface area contributed by atoms with E-state index >= 15 is 0 Å². The highest BCUT2D eigenvalue weighted by molar-refractivity contribution is 7.71. The first-order valence-electron chi connectivity index (χ1n) is 6.59. The molecule has 106 valence electrons. The molecule has 1 aliphatic rings. The highest BCUT2D eigenvalue weighted by Crippen LogP contribution is 2.39. The number of rotatable bonds is 5. The van der Waals surface area contributed by atoms with Crippen LogP contribution >= 0.6 is 12.2 Å². The van der Waals surface area contributed by atoms with Crippen molar-refractivity contribution >= 4 is 12.2 Å². The number of benzene rings is 1. The van der Waals surface area contributed by atoms with E-state index in [9.17, 15) is 0 Å². The topological polar surface area (TPSA) is 52.1 Å². The summed E-state index contributed by atoms with van der Waals surface area (Å²) in [5, 5.41) is 7.23. The summed E-state index contributed by atoms with van der Waals surface area (Å²) in [5.41, 5.74) is 1.06. The molecule has 1 N–H and O–H groups in total. The summed E-state index contributed by atoms with van der Waals surface area (Å²) in [6.45, 7) is 0.661. The van der Waals surface area contributed by atoms with Crippen molar-refractivity contribution in [3.63, 3.8) is 0 Å². The van der Waals surface area contributed by atoms with E-state index in [4.69, 9.17) is 21.7 Å². The molecule has 0 amide bonds. The molecule has 1 saturated carbocycles. The minimum atomic E-state index is 0.548. The van der Waals surface area contributed by atoms with Crippen LogP contribution in [0.2, 0.25) is 0 Å². The zero-order valence-electron chi connectivity index (χ0n) is 11.5. The normalized spacial score (nSPS) is 14.3. The number of aromatic amines is 1. The monoisotopic (exact) mass is 291 g/mol. The fourth-order valence-corrected chi connectivity index (χ4v) is 2.49. The number of nitrogens with one attached hydrogen (secondary N) is 1. The summed E-state index contributed by atoms with van der Waals surface area (Å²) >= 11 is 5.33. The molecule has 0 bridgehead atoms. The lowest BCUT2D eigenvalue weighted by Crippen LogP contribution is -2.06. The molecule has 0 spiro atoms. The molecule has 0 unspecified atom stereocenters. The number of H-pyrrole nitrogens is 1. The van der Waals surface area contributed by atoms with Crippen LogP contribution in [0.3, 0.4) is 0 Å². The van der Waals surface area contributed by atoms with Gasteiger partial charge in [-0.25, -0.2) is 0 Å². The van der Waals surface area contributed by atoms with E-state index in [0.29, 0.717) is 17.2 Å². The summed E-state index contributed by atoms with van der Waals surface area (Å²) < 4.78 is 13.4. The molecule has 1 aromatic carbocycles. The molecule has 6 heteroatoms. The van der Waals surface area contributed by atoms with Crippen LogP contribution in [0.25, 0.3) is 0 Å². The smallest absolute Gasteiger partial charge is 0.195 e. The number of nitrogens with zero attached hydrogens (tertiary/aromatic N) is 2. The van der Waals surface area contributed by atoms with Crippen LogP contribution < -0.4 is 9.47 Å². The number of methoxy groups -OCH3 is 2. The Bertz CT molecular complexity index is 673. The van der Waals surface area contributed by atoms with E-state index in [1.165, 1.54) is 12.8 Å². The summed E-state index contributed by atoms with van der Waals surface area (Å²) in [4.78, 5) is 0. The highest BCUT2D eigenvalue weighted by Gasteiger charge is 2.29. The maximum atomic E-state index is 5.43. The highest BCUT2D eigenvalue weighted by atomic mass is 32.1. The Balaban J connectivity index is 1.95. The van der Waals surface area contributed by atoms with Crippen molar-refractivity contribution in [1.29, 1.82) is 0 Å². The van der Waals surface area contributed by atoms with Gasteiger partial charge in [0.05, 0.1) is 20.8 Å². The van der Waals surface area contributed by atoms with Crippen molar-refractivity contribution in [1.82, 2.24) is 14.8 Å². The van der Waals surface area contributed by atoms with Gasteiger partial charge in [-0.15, -0.1) is 0 Å². The fraction of sp³-hybridized carbons (Fsp3) is 0.429. The van der Waals surface area contributed by atoms with E-state index < -0.39 is 0 Å². The molecule has 0 radical (unpaired) electrons. The van der Waals surface area contributed by atoms with E-state index in [0.717, 1.165) is 22.9 Å². The lowest BCUT2D eigenvalue weighted by Gasteiger charge is -2.12. The van der Waals surface area contributed by atoms with Gasteiger partial charge in [-0.3, -0.25) is 9.67 Å². The minimum Gasteiger partial charge on any atom is -0.497 e. The van der Waals surface area contributed by atoms with Crippen LogP contribution in [0, 0.1) is 4.77 Å². The van der Waals surface area contributed by atoms with Crippen LogP contribution in [0.4, 0.5) is 0 Å². The Kier molecular flexibility index (Phi) is 3.48. The SMILES string of the molecule is COc1ccc(Cn2c(C3CC3)n[nH]c2=S)c(OC)c1. The fourth-order valence-electron chi connectivity index (χ4n) is 2.29. The molecular weight excluding hydrogens is 274 g/mol. The Morgan fingerprint density at radius 3 is 2.80 bits per heavy atom. The van der Waals surface area contributed by atoms with Crippen LogP contribution in [0.1, 0.15) is 30.1 Å². The van der Waals surface area contributed by atoms with Gasteiger partial charge in [0.15, 0.2) is 4.77 Å². The number of hydrogen-bond acceptors (Lipinski definition) is 4. The molecule has 1 aromatic heterocycles. The molecule has 1 heterocycles. The molecule has 0 aliphatic heterocycles. The van der Waals surface area contributed by atoms with Gasteiger partial charge in [-0.05, 0) is 37.2 Å². The van der Waals surface area contributed by atoms with Crippen molar-refractivity contribution < 1.29 is 9.47 Å². The zero-order valence-corrected chi connectivity index (χ0v) is 12.4. The average Bonchev–Trinajstić information content (AvgIpc) is 3.25. The maximum Gasteiger partial charge on any atom is 0.195 e. The Morgan fingerprint density at radius 1 is 1.35 bits per heavy atom. The van der Waals surface area contributed by atoms with E-state index in [1.807, 2.05) is 18.2 Å². The van der Waals surface area contributed by atoms with E-state index in [2.05, 4.69) is 14.8 Å². The second kappa shape index (κ2) is 5.28. The molecular formula is C14H17N3O2S. The van der Waals surface area contributed by atoms with Gasteiger partial charge in [-0.1, -0.05) is 0 Å². The van der Waals surface area contributed by atoms with Gasteiger partial charge in [0.2, 0.25) is 0 Å². The third-order valence-electron chi connectivity index (χ3n) is 3.55. The number of ether oxygens (including phenoxy) is 2. The lowest BCUT2D eigenvalue weighted by atomic mass is 10.2. The Labute approximate surface area is 122 Å². The predicted molar refractivity (Wildman–Crippen MR) is 78.0 cm³/mol. The Hall–Kier alpha value is -1.82. The predicted octanol–water partition coefficient (Wildman–Crippen LogP) is 2.88. The van der Waals surface area contributed by atoms with Crippen molar-refractivity contribution in [3.8, 4) is 11.5 Å². The largest absolute Gasteiger partial charge is 0.497 e. The molecule has 0 atom stereocenters. The first-order valence-corrected chi connectivity index (χ1v) is 6.99. The average molecular weight is 291 g/mol. The van der Waals surface area contributed by atoms with Gasteiger partial charge in [0, 0.05) is 17.5 Å². The standard InChI is InChI=1S/C14H17N3O2S/c1-18-11-6-5-10(12(7-11)19-2)8-17-13(9-3-4-9)15-16-14(17)20/h5-7,9H,3-4,8H2,1-2H3,(H,16,20). The van der Waals surface area contributed by atoms with Crippen molar-refractivity contribution in [2.24, 2.45) is 0 Å². The molecule has 5 nitrogen and oxygen atoms in total. The van der Waals surface area contributed by atoms with Crippen molar-refractivity contribution in [3.05, 3.63) is 34.4 Å². The summed E-state index contributed by atoms with van der Waals surface area (Å²) in [6, 6.07) is 5.82. The molecule has 2 aromatic rings. The number of hydrogen-bond donors (Lipinski definition) is 1. The second-order valence-electron chi connectivity index (χ2n) is 4.93. The van der Waals surface area contributed by atoms with Crippen molar-refractivity contribution in [2.75, 3.05) is 14.2 Å². The maximum absolute atomic E-state index is 5.43. The first-order chi connectivity index (χ1) is 9.72. The van der Waals surface area contributed by atoms with Crippen LogP contribution in [0.15, 0.2) is 18.2 Å². The van der Waals surface area contributed by atoms with Crippen LogP contribution in [0.5, 0.6) is 11.5 Å². The van der Waals surface area contributed by atoms with E-state index in [1.54, 1.807) is 14.2 Å². The van der Waals surface area contributed by atoms with Gasteiger partial charge >= 0.3 is 0 Å². The third-order valence-corrected chi connectivity index (χ3v) is 3.86. The Morgan fingerprint density at radius 2 is 2.15 bits per heavy atom. The molecule has 3 rings (SSSR count). The second-order valence-corrected chi connectivity index (χ2v) is 5.31. The summed E-state index contributed by atoms with van der Waals surface area (Å²) in [7, 11) is 3.31. The van der Waals surface area contributed by atoms with Crippen LogP contribution in [-0.4, -0.2) is 29.0 Å². The van der Waals surface area contributed by atoms with Gasteiger partial charge < -0.3 is 9.47 Å². The minimum absolute atomic E-state index is 0.548. The van der Waals surface area contributed by atoms with Gasteiger partial charge in [0.25, 0.3) is 0 Å². The van der Waals surface area contributed by atoms with Crippen molar-refractivity contribution in [2.45, 2.75) is 25.3 Å². The summed E-state index contributed by atoms with van der Waals surface area (Å²) in [5.74, 6) is 3.18. The van der Waals surface area contributed by atoms with Gasteiger partial charge in [-0.2, -0.15) is 5.10 Å². The van der Waals surface area contributed by atoms with Gasteiger partial charge in [0.1, 0.15) is 17.3 Å². The first kappa shape index (κ1) is 13.2.